The van der Waals surface area contributed by atoms with Gasteiger partial charge in [0, 0.05) is 6.61 Å². The van der Waals surface area contributed by atoms with Gasteiger partial charge < -0.3 is 9.84 Å². The van der Waals surface area contributed by atoms with Crippen molar-refractivity contribution in [2.75, 3.05) is 13.7 Å². The molecule has 0 aromatic heterocycles. The fourth-order valence-electron chi connectivity index (χ4n) is 1.72. The Bertz CT molecular complexity index is 351. The average Bonchev–Trinajstić information content (AvgIpc) is 2.26. The quantitative estimate of drug-likeness (QED) is 0.842. The molecule has 0 fully saturated rings. The van der Waals surface area contributed by atoms with Gasteiger partial charge in [-0.2, -0.15) is 0 Å². The second-order valence-corrected chi connectivity index (χ2v) is 3.61. The fraction of sp³-hybridized carbons (Fsp3) is 0.500. The van der Waals surface area contributed by atoms with E-state index in [1.54, 1.807) is 6.07 Å². The van der Waals surface area contributed by atoms with Gasteiger partial charge in [-0.25, -0.2) is 8.78 Å². The summed E-state index contributed by atoms with van der Waals surface area (Å²) in [6, 6.07) is 3.05. The third-order valence-corrected chi connectivity index (χ3v) is 2.55. The molecule has 0 spiro atoms. The van der Waals surface area contributed by atoms with Crippen LogP contribution in [0.15, 0.2) is 12.1 Å². The number of benzene rings is 1. The highest BCUT2D eigenvalue weighted by molar-refractivity contribution is 5.46. The fourth-order valence-corrected chi connectivity index (χ4v) is 1.72. The van der Waals surface area contributed by atoms with Crippen molar-refractivity contribution in [3.63, 3.8) is 0 Å². The maximum atomic E-state index is 12.7. The second kappa shape index (κ2) is 5.80. The van der Waals surface area contributed by atoms with Crippen molar-refractivity contribution >= 4 is 0 Å². The normalized spacial score (nSPS) is 10.9. The van der Waals surface area contributed by atoms with Crippen LogP contribution < -0.4 is 4.74 Å². The number of aryl methyl sites for hydroxylation is 1. The minimum absolute atomic E-state index is 0.0432. The number of methoxy groups -OCH3 is 1. The number of rotatable bonds is 5. The van der Waals surface area contributed by atoms with Gasteiger partial charge in [0.1, 0.15) is 5.75 Å². The van der Waals surface area contributed by atoms with Crippen LogP contribution in [0.2, 0.25) is 0 Å². The van der Waals surface area contributed by atoms with E-state index >= 15 is 0 Å². The molecular formula is C12H16F2O2. The van der Waals surface area contributed by atoms with Gasteiger partial charge in [-0.1, -0.05) is 6.07 Å². The summed E-state index contributed by atoms with van der Waals surface area (Å²) in [4.78, 5) is 0. The predicted molar refractivity (Wildman–Crippen MR) is 58.1 cm³/mol. The molecule has 1 aromatic rings. The summed E-state index contributed by atoms with van der Waals surface area (Å²) in [5, 5.41) is 8.77. The molecule has 1 aromatic carbocycles. The van der Waals surface area contributed by atoms with Crippen molar-refractivity contribution in [3.05, 3.63) is 28.8 Å². The summed E-state index contributed by atoms with van der Waals surface area (Å²) in [5.41, 5.74) is 1.59. The predicted octanol–water partition coefficient (Wildman–Crippen LogP) is 2.87. The first-order valence-electron chi connectivity index (χ1n) is 5.17. The molecule has 90 valence electrons. The van der Waals surface area contributed by atoms with Crippen LogP contribution in [0.5, 0.6) is 5.75 Å². The molecular weight excluding hydrogens is 214 g/mol. The van der Waals surface area contributed by atoms with Crippen LogP contribution in [-0.2, 0) is 6.42 Å². The highest BCUT2D eigenvalue weighted by Crippen LogP contribution is 2.34. The van der Waals surface area contributed by atoms with Crippen molar-refractivity contribution in [3.8, 4) is 5.75 Å². The molecule has 1 N–H and O–H groups in total. The van der Waals surface area contributed by atoms with E-state index in [1.165, 1.54) is 13.2 Å². The van der Waals surface area contributed by atoms with E-state index in [1.807, 2.05) is 6.92 Å². The van der Waals surface area contributed by atoms with Gasteiger partial charge in [-0.05, 0) is 37.0 Å². The number of halogens is 2. The van der Waals surface area contributed by atoms with Crippen LogP contribution in [0.25, 0.3) is 0 Å². The number of hydrogen-bond donors (Lipinski definition) is 1. The molecule has 0 aliphatic carbocycles. The average molecular weight is 230 g/mol. The second-order valence-electron chi connectivity index (χ2n) is 3.61. The first kappa shape index (κ1) is 12.9. The Hall–Kier alpha value is -1.16. The Balaban J connectivity index is 3.16. The van der Waals surface area contributed by atoms with Crippen LogP contribution in [-0.4, -0.2) is 18.8 Å². The molecule has 16 heavy (non-hydrogen) atoms. The number of aliphatic hydroxyl groups excluding tert-OH is 1. The third kappa shape index (κ3) is 2.70. The zero-order valence-corrected chi connectivity index (χ0v) is 9.46. The molecule has 0 bridgehead atoms. The van der Waals surface area contributed by atoms with E-state index in [4.69, 9.17) is 9.84 Å². The van der Waals surface area contributed by atoms with Crippen molar-refractivity contribution in [2.45, 2.75) is 26.2 Å². The molecule has 0 heterocycles. The minimum Gasteiger partial charge on any atom is -0.496 e. The molecule has 4 heteroatoms. The van der Waals surface area contributed by atoms with Crippen LogP contribution in [0.1, 0.15) is 29.5 Å². The number of aliphatic hydroxyl groups is 1. The Morgan fingerprint density at radius 2 is 2.06 bits per heavy atom. The minimum atomic E-state index is -2.54. The van der Waals surface area contributed by atoms with Gasteiger partial charge >= 0.3 is 0 Å². The number of hydrogen-bond acceptors (Lipinski definition) is 2. The highest BCUT2D eigenvalue weighted by Gasteiger charge is 2.18. The largest absolute Gasteiger partial charge is 0.496 e. The van der Waals surface area contributed by atoms with E-state index < -0.39 is 6.43 Å². The van der Waals surface area contributed by atoms with Crippen molar-refractivity contribution in [1.29, 1.82) is 0 Å². The van der Waals surface area contributed by atoms with Gasteiger partial charge in [-0.3, -0.25) is 0 Å². The Labute approximate surface area is 93.9 Å². The maximum Gasteiger partial charge on any atom is 0.267 e. The summed E-state index contributed by atoms with van der Waals surface area (Å²) in [6.45, 7) is 1.89. The van der Waals surface area contributed by atoms with Gasteiger partial charge in [0.25, 0.3) is 6.43 Å². The summed E-state index contributed by atoms with van der Waals surface area (Å²) >= 11 is 0. The zero-order valence-electron chi connectivity index (χ0n) is 9.46. The van der Waals surface area contributed by atoms with E-state index in [9.17, 15) is 8.78 Å². The molecule has 0 saturated heterocycles. The lowest BCUT2D eigenvalue weighted by Gasteiger charge is -2.15. The molecule has 0 aliphatic heterocycles. The summed E-state index contributed by atoms with van der Waals surface area (Å²) < 4.78 is 30.5. The lowest BCUT2D eigenvalue weighted by Crippen LogP contribution is -2.01. The molecule has 0 amide bonds. The van der Waals surface area contributed by atoms with E-state index in [0.29, 0.717) is 12.8 Å². The van der Waals surface area contributed by atoms with Gasteiger partial charge in [0.05, 0.1) is 12.7 Å². The summed E-state index contributed by atoms with van der Waals surface area (Å²) in [7, 11) is 1.39. The van der Waals surface area contributed by atoms with Gasteiger partial charge in [0.15, 0.2) is 0 Å². The lowest BCUT2D eigenvalue weighted by molar-refractivity contribution is 0.147. The third-order valence-electron chi connectivity index (χ3n) is 2.55. The summed E-state index contributed by atoms with van der Waals surface area (Å²) in [5.74, 6) is 0.253. The van der Waals surface area contributed by atoms with E-state index in [0.717, 1.165) is 11.1 Å². The van der Waals surface area contributed by atoms with Gasteiger partial charge in [0.2, 0.25) is 0 Å². The molecule has 1 rings (SSSR count). The zero-order chi connectivity index (χ0) is 12.1. The molecule has 0 atom stereocenters. The molecule has 0 saturated carbocycles. The van der Waals surface area contributed by atoms with E-state index in [2.05, 4.69) is 0 Å². The maximum absolute atomic E-state index is 12.7. The van der Waals surface area contributed by atoms with E-state index in [-0.39, 0.29) is 17.9 Å². The van der Waals surface area contributed by atoms with Crippen LogP contribution in [0, 0.1) is 6.92 Å². The molecule has 0 aliphatic rings. The number of ether oxygens (including phenoxy) is 1. The van der Waals surface area contributed by atoms with Gasteiger partial charge in [-0.15, -0.1) is 0 Å². The smallest absolute Gasteiger partial charge is 0.267 e. The first-order chi connectivity index (χ1) is 7.61. The van der Waals surface area contributed by atoms with Crippen molar-refractivity contribution in [1.82, 2.24) is 0 Å². The standard InChI is InChI=1S/C12H16F2O2/c1-8-5-6-10(12(13)14)11(16-2)9(8)4-3-7-15/h5-6,12,15H,3-4,7H2,1-2H3. The first-order valence-corrected chi connectivity index (χ1v) is 5.17. The molecule has 2 nitrogen and oxygen atoms in total. The Kier molecular flexibility index (Phi) is 4.68. The number of alkyl halides is 2. The Morgan fingerprint density at radius 1 is 1.38 bits per heavy atom. The SMILES string of the molecule is COc1c(C(F)F)ccc(C)c1CCCO. The van der Waals surface area contributed by atoms with Crippen molar-refractivity contribution < 1.29 is 18.6 Å². The lowest BCUT2D eigenvalue weighted by atomic mass is 9.99. The Morgan fingerprint density at radius 3 is 2.56 bits per heavy atom. The van der Waals surface area contributed by atoms with Crippen LogP contribution >= 0.6 is 0 Å². The van der Waals surface area contributed by atoms with Crippen LogP contribution in [0.4, 0.5) is 8.78 Å². The molecule has 0 radical (unpaired) electrons. The highest BCUT2D eigenvalue weighted by atomic mass is 19.3. The van der Waals surface area contributed by atoms with Crippen molar-refractivity contribution in [2.24, 2.45) is 0 Å². The monoisotopic (exact) mass is 230 g/mol. The van der Waals surface area contributed by atoms with Crippen LogP contribution in [0.3, 0.4) is 0 Å². The topological polar surface area (TPSA) is 29.5 Å². The summed E-state index contributed by atoms with van der Waals surface area (Å²) in [6.07, 6.45) is -1.45. The molecule has 0 unspecified atom stereocenters.